The molecule has 3 fully saturated rings. The fourth-order valence-corrected chi connectivity index (χ4v) is 11.2. The zero-order valence-electron chi connectivity index (χ0n) is 48.8. The topological polar surface area (TPSA) is 309 Å². The van der Waals surface area contributed by atoms with Crippen LogP contribution in [0.4, 0.5) is 21.0 Å². The molecule has 0 saturated carbocycles. The molecule has 6 N–H and O–H groups in total. The summed E-state index contributed by atoms with van der Waals surface area (Å²) in [5, 5.41) is 20.9. The van der Waals surface area contributed by atoms with Gasteiger partial charge in [-0.2, -0.15) is 0 Å². The van der Waals surface area contributed by atoms with Crippen LogP contribution in [0.2, 0.25) is 5.02 Å². The fourth-order valence-electron chi connectivity index (χ4n) is 10.9. The highest BCUT2D eigenvalue weighted by Crippen LogP contribution is 2.50. The van der Waals surface area contributed by atoms with Gasteiger partial charge in [-0.25, -0.2) is 14.4 Å². The number of halogens is 1. The van der Waals surface area contributed by atoms with Gasteiger partial charge in [0.05, 0.1) is 35.7 Å². The minimum Gasteiger partial charge on any atom is -0.462 e. The number of aryl methyl sites for hydroxylation is 2. The van der Waals surface area contributed by atoms with E-state index < -0.39 is 101 Å². The fraction of sp³-hybridized carbons (Fsp3) is 0.567. The average molecular weight is 1180 g/mol. The molecule has 22 nitrogen and oxygen atoms in total. The van der Waals surface area contributed by atoms with Crippen molar-refractivity contribution in [1.82, 2.24) is 15.7 Å². The molecule has 0 unspecified atom stereocenters. The van der Waals surface area contributed by atoms with Crippen molar-refractivity contribution in [3.05, 3.63) is 81.4 Å². The number of hydrogen-bond acceptors (Lipinski definition) is 16. The van der Waals surface area contributed by atoms with E-state index >= 15 is 0 Å². The van der Waals surface area contributed by atoms with Gasteiger partial charge in [0, 0.05) is 83.2 Å². The van der Waals surface area contributed by atoms with E-state index in [1.165, 1.54) is 12.0 Å². The van der Waals surface area contributed by atoms with Gasteiger partial charge < -0.3 is 50.2 Å². The van der Waals surface area contributed by atoms with E-state index in [1.54, 1.807) is 72.0 Å². The van der Waals surface area contributed by atoms with E-state index in [1.807, 2.05) is 32.1 Å². The number of urea groups is 1. The normalized spacial score (nSPS) is 25.5. The van der Waals surface area contributed by atoms with Gasteiger partial charge in [-0.3, -0.25) is 38.9 Å². The average Bonchev–Trinajstić information content (AvgIpc) is 1.90. The highest BCUT2D eigenvalue weighted by atomic mass is 35.5. The monoisotopic (exact) mass is 1170 g/mol. The number of nitrogens with one attached hydrogen (secondary N) is 3. The third kappa shape index (κ3) is 17.3. The highest BCUT2D eigenvalue weighted by Gasteiger charge is 2.64. The second-order valence-electron chi connectivity index (χ2n) is 22.9. The summed E-state index contributed by atoms with van der Waals surface area (Å²) in [5.74, 6) is -5.85. The summed E-state index contributed by atoms with van der Waals surface area (Å²) >= 11 is 6.85. The van der Waals surface area contributed by atoms with Gasteiger partial charge in [0.25, 0.3) is 11.8 Å². The van der Waals surface area contributed by atoms with Crippen LogP contribution in [0.15, 0.2) is 54.1 Å². The van der Waals surface area contributed by atoms with E-state index in [4.69, 9.17) is 41.1 Å². The second kappa shape index (κ2) is 28.5. The molecule has 2 aromatic carbocycles. The quantitative estimate of drug-likeness (QED) is 0.0377. The van der Waals surface area contributed by atoms with Crippen molar-refractivity contribution in [1.29, 1.82) is 0 Å². The SMILES string of the molecule is CO[C@@H]1/C=C/C=C(\C)Cc2cc(C)c(Cl)c(c2)N(C)C(=O)C[C@H](OC(=O)Nc2ccc(CC(=O)[C@H](CCCNC(N)=O)NC(=O)[C@@H](CC(=O)CCCCC(=O)ON3C(=O)CCC3=O)C(C)C)c(C)c2)[C@]2(C)O[C@H]2[C@H](C)[C@@H]2C[C@@]1(O)CC(=O)O2. The Labute approximate surface area is 488 Å². The molecule has 4 heterocycles. The summed E-state index contributed by atoms with van der Waals surface area (Å²) in [7, 11) is 3.04. The summed E-state index contributed by atoms with van der Waals surface area (Å²) in [4.78, 5) is 136. The number of aliphatic hydroxyl groups is 1. The molecule has 83 heavy (non-hydrogen) atoms. The number of primary amides is 1. The number of hydrogen-bond donors (Lipinski definition) is 5. The van der Waals surface area contributed by atoms with E-state index in [0.29, 0.717) is 33.3 Å². The number of hydroxylamine groups is 2. The number of unbranched alkanes of at least 4 members (excludes halogenated alkanes) is 1. The molecule has 23 heteroatoms. The molecule has 4 aliphatic rings. The lowest BCUT2D eigenvalue weighted by atomic mass is 9.78. The van der Waals surface area contributed by atoms with Gasteiger partial charge >= 0.3 is 24.1 Å². The first-order valence-corrected chi connectivity index (χ1v) is 28.5. The number of nitrogens with zero attached hydrogens (tertiary/aromatic N) is 2. The number of epoxide rings is 1. The summed E-state index contributed by atoms with van der Waals surface area (Å²) in [6.07, 6.45) is 1.11. The molecule has 4 bridgehead atoms. The standard InChI is InChI=1S/C60H79ClN6O16/c1-33(2)42(29-41(68)15-10-11-18-52(73)83-67-49(70)21-22-50(67)71)56(75)65-43(16-13-23-63-57(62)76)45(69)28-39-19-20-40(26-35(39)4)64-58(77)81-48-30-51(72)66(8)44-27-38(25-36(5)54(44)61)24-34(3)14-12-17-47(79-9)60(78)31-46(80-53(74)32-60)37(6)55-59(48,7)82-55/h12,14,17,19-20,25-27,33,37,42-43,46-48,55,78H,10-11,13,15-16,18,21-24,28-32H2,1-9H3,(H,64,77)(H,65,75)(H3,62,63,76)/b17-12+,34-14+/t37-,42+,43+,46+,47-,48+,55+,59+,60-/m1/s1. The Hall–Kier alpha value is -7.01. The zero-order chi connectivity index (χ0) is 61.1. The Morgan fingerprint density at radius 2 is 1.65 bits per heavy atom. The van der Waals surface area contributed by atoms with Gasteiger partial charge in [0.15, 0.2) is 5.78 Å². The minimum absolute atomic E-state index is 0.00807. The molecular weight excluding hydrogens is 1100 g/mol. The lowest BCUT2D eigenvalue weighted by Gasteiger charge is -2.41. The molecule has 6 rings (SSSR count). The van der Waals surface area contributed by atoms with E-state index in [9.17, 15) is 53.1 Å². The molecule has 3 saturated heterocycles. The van der Waals surface area contributed by atoms with E-state index in [2.05, 4.69) is 16.0 Å². The van der Waals surface area contributed by atoms with Crippen LogP contribution in [0.5, 0.6) is 0 Å². The van der Waals surface area contributed by atoms with Gasteiger partial charge in [0.2, 0.25) is 11.8 Å². The van der Waals surface area contributed by atoms with Crippen molar-refractivity contribution < 1.29 is 76.8 Å². The number of fused-ring (bicyclic) bond motifs is 5. The lowest BCUT2D eigenvalue weighted by Crippen LogP contribution is -2.53. The Bertz CT molecular complexity index is 2880. The van der Waals surface area contributed by atoms with Gasteiger partial charge in [-0.05, 0) is 106 Å². The first-order valence-electron chi connectivity index (χ1n) is 28.2. The third-order valence-corrected chi connectivity index (χ3v) is 16.4. The zero-order valence-corrected chi connectivity index (χ0v) is 49.5. The number of Topliss-reactive ketones (excluding diaryl/α,β-unsaturated/α-hetero) is 2. The van der Waals surface area contributed by atoms with Gasteiger partial charge in [-0.1, -0.05) is 68.3 Å². The first-order chi connectivity index (χ1) is 39.1. The molecule has 4 aliphatic heterocycles. The number of rotatable bonds is 21. The van der Waals surface area contributed by atoms with Crippen LogP contribution in [0.1, 0.15) is 134 Å². The minimum atomic E-state index is -1.63. The van der Waals surface area contributed by atoms with Crippen molar-refractivity contribution in [3.63, 3.8) is 0 Å². The number of carbonyl (C=O) groups is 10. The predicted molar refractivity (Wildman–Crippen MR) is 304 cm³/mol. The van der Waals surface area contributed by atoms with Crippen molar-refractivity contribution in [2.45, 2.75) is 180 Å². The molecule has 452 valence electrons. The van der Waals surface area contributed by atoms with Crippen LogP contribution >= 0.6 is 11.6 Å². The molecule has 0 spiro atoms. The number of esters is 1. The van der Waals surface area contributed by atoms with Gasteiger partial charge in [-0.15, -0.1) is 5.06 Å². The van der Waals surface area contributed by atoms with Crippen molar-refractivity contribution in [2.24, 2.45) is 23.5 Å². The number of imide groups is 1. The van der Waals surface area contributed by atoms with Crippen LogP contribution in [0.3, 0.4) is 0 Å². The van der Waals surface area contributed by atoms with Crippen LogP contribution in [0, 0.1) is 31.6 Å². The number of ketones is 2. The highest BCUT2D eigenvalue weighted by molar-refractivity contribution is 6.34. The Kier molecular flexibility index (Phi) is 22.4. The maximum atomic E-state index is 14.4. The van der Waals surface area contributed by atoms with Crippen LogP contribution in [0.25, 0.3) is 0 Å². The van der Waals surface area contributed by atoms with Crippen LogP contribution < -0.4 is 26.6 Å². The lowest BCUT2D eigenvalue weighted by molar-refractivity contribution is -0.197. The molecule has 2 aromatic rings. The molecule has 0 aromatic heterocycles. The Balaban J connectivity index is 1.14. The summed E-state index contributed by atoms with van der Waals surface area (Å²) in [6.45, 7) is 12.7. The molecule has 7 amide bonds. The smallest absolute Gasteiger partial charge is 0.412 e. The summed E-state index contributed by atoms with van der Waals surface area (Å²) in [6, 6.07) is 6.82. The van der Waals surface area contributed by atoms with Crippen molar-refractivity contribution in [2.75, 3.05) is 30.9 Å². The number of benzene rings is 2. The van der Waals surface area contributed by atoms with E-state index in [-0.39, 0.29) is 113 Å². The molecule has 0 radical (unpaired) electrons. The third-order valence-electron chi connectivity index (χ3n) is 16.0. The van der Waals surface area contributed by atoms with Crippen molar-refractivity contribution >= 4 is 82.2 Å². The van der Waals surface area contributed by atoms with Gasteiger partial charge in [0.1, 0.15) is 35.3 Å². The number of amides is 7. The van der Waals surface area contributed by atoms with Crippen LogP contribution in [-0.4, -0.2) is 132 Å². The second-order valence-corrected chi connectivity index (χ2v) is 23.2. The Morgan fingerprint density at radius 1 is 0.952 bits per heavy atom. The number of carbonyl (C=O) groups excluding carboxylic acids is 10. The molecular formula is C60H79ClN6O16. The molecule has 9 atom stereocenters. The number of anilines is 2. The van der Waals surface area contributed by atoms with Crippen LogP contribution in [-0.2, 0) is 75.0 Å². The van der Waals surface area contributed by atoms with Crippen molar-refractivity contribution in [3.8, 4) is 0 Å². The summed E-state index contributed by atoms with van der Waals surface area (Å²) < 4.78 is 24.0. The number of methoxy groups -OCH3 is 1. The largest absolute Gasteiger partial charge is 0.462 e. The number of allylic oxidation sites excluding steroid dienone is 3. The first kappa shape index (κ1) is 65.1. The molecule has 0 aliphatic carbocycles. The summed E-state index contributed by atoms with van der Waals surface area (Å²) in [5.41, 5.74) is 6.81. The predicted octanol–water partition coefficient (Wildman–Crippen LogP) is 6.67. The maximum absolute atomic E-state index is 14.4. The van der Waals surface area contributed by atoms with E-state index in [0.717, 1.165) is 16.7 Å². The number of nitrogens with two attached hydrogens (primary N) is 1. The Morgan fingerprint density at radius 3 is 2.31 bits per heavy atom. The maximum Gasteiger partial charge on any atom is 0.412 e. The number of ether oxygens (including phenoxy) is 4.